The highest BCUT2D eigenvalue weighted by Gasteiger charge is 2.36. The molecule has 6 nitrogen and oxygen atoms in total. The molecule has 0 saturated carbocycles. The summed E-state index contributed by atoms with van der Waals surface area (Å²) in [5.41, 5.74) is 2.08. The van der Waals surface area contributed by atoms with Gasteiger partial charge in [-0.3, -0.25) is 9.69 Å². The first-order valence-electron chi connectivity index (χ1n) is 11.1. The molecule has 0 amide bonds. The number of hydrogen-bond acceptors (Lipinski definition) is 5. The number of carboxylic acids is 1. The summed E-state index contributed by atoms with van der Waals surface area (Å²) in [4.78, 5) is 17.7. The van der Waals surface area contributed by atoms with Crippen LogP contribution in [-0.4, -0.2) is 46.8 Å². The maximum atomic E-state index is 12.7. The van der Waals surface area contributed by atoms with Crippen molar-refractivity contribution in [1.82, 2.24) is 9.88 Å². The number of fused-ring (bicyclic) bond motifs is 1. The smallest absolute Gasteiger partial charge is 0.390 e. The number of rotatable bonds is 10. The van der Waals surface area contributed by atoms with Crippen LogP contribution in [-0.2, 0) is 17.6 Å². The lowest BCUT2D eigenvalue weighted by Gasteiger charge is -2.35. The van der Waals surface area contributed by atoms with Gasteiger partial charge in [-0.2, -0.15) is 13.2 Å². The molecule has 2 aromatic rings. The molecule has 0 radical (unpaired) electrons. The van der Waals surface area contributed by atoms with Crippen LogP contribution in [0.25, 0.3) is 6.08 Å². The normalized spacial score (nSPS) is 16.8. The minimum Gasteiger partial charge on any atom is -0.493 e. The molecule has 1 unspecified atom stereocenters. The lowest BCUT2D eigenvalue weighted by molar-refractivity contribution is -0.151. The first kappa shape index (κ1) is 24.8. The number of allylic oxidation sites excluding steroid dienone is 1. The van der Waals surface area contributed by atoms with Gasteiger partial charge in [0.05, 0.1) is 18.7 Å². The van der Waals surface area contributed by atoms with Crippen LogP contribution >= 0.6 is 0 Å². The zero-order valence-corrected chi connectivity index (χ0v) is 18.8. The van der Waals surface area contributed by atoms with E-state index in [0.29, 0.717) is 42.4 Å². The topological polar surface area (TPSA) is 75.8 Å². The SMILES string of the molecule is CCCC=Cc1nc(CCOc2ccc3c(c2)C(C(=O)O)N(CCC(F)(F)F)CC3)c(C)o1. The number of aromatic nitrogens is 1. The summed E-state index contributed by atoms with van der Waals surface area (Å²) in [6, 6.07) is 4.05. The molecule has 1 aliphatic heterocycles. The monoisotopic (exact) mass is 466 g/mol. The third-order valence-corrected chi connectivity index (χ3v) is 5.59. The number of carboxylic acid groups (broad SMARTS) is 1. The van der Waals surface area contributed by atoms with E-state index in [1.54, 1.807) is 18.2 Å². The molecule has 0 aliphatic carbocycles. The van der Waals surface area contributed by atoms with Crippen molar-refractivity contribution in [2.45, 2.75) is 58.2 Å². The fraction of sp³-hybridized carbons (Fsp3) is 0.500. The molecule has 2 heterocycles. The first-order chi connectivity index (χ1) is 15.7. The zero-order valence-electron chi connectivity index (χ0n) is 18.8. The highest BCUT2D eigenvalue weighted by molar-refractivity contribution is 5.77. The van der Waals surface area contributed by atoms with E-state index in [-0.39, 0.29) is 13.1 Å². The second-order valence-corrected chi connectivity index (χ2v) is 8.10. The molecule has 1 N–H and O–H groups in total. The maximum Gasteiger partial charge on any atom is 0.390 e. The standard InChI is InChI=1S/C24H29F3N2O4/c1-3-4-5-6-21-28-20(16(2)33-21)10-14-32-18-8-7-17-9-12-29(13-11-24(25,26)27)22(23(30)31)19(17)15-18/h5-8,15,22H,3-4,9-14H2,1-2H3,(H,30,31). The molecule has 0 spiro atoms. The number of ether oxygens (including phenoxy) is 1. The van der Waals surface area contributed by atoms with Gasteiger partial charge < -0.3 is 14.3 Å². The molecule has 33 heavy (non-hydrogen) atoms. The van der Waals surface area contributed by atoms with E-state index in [4.69, 9.17) is 9.15 Å². The van der Waals surface area contributed by atoms with Crippen LogP contribution in [0, 0.1) is 6.92 Å². The highest BCUT2D eigenvalue weighted by Crippen LogP contribution is 2.34. The molecule has 3 rings (SSSR count). The molecule has 0 bridgehead atoms. The van der Waals surface area contributed by atoms with Gasteiger partial charge >= 0.3 is 12.1 Å². The summed E-state index contributed by atoms with van der Waals surface area (Å²) in [6.07, 6.45) is 1.46. The van der Waals surface area contributed by atoms with Crippen molar-refractivity contribution in [2.24, 2.45) is 0 Å². The Bertz CT molecular complexity index is 985. The predicted molar refractivity (Wildman–Crippen MR) is 117 cm³/mol. The molecule has 180 valence electrons. The predicted octanol–water partition coefficient (Wildman–Crippen LogP) is 5.35. The minimum atomic E-state index is -4.33. The van der Waals surface area contributed by atoms with Crippen LogP contribution in [0.1, 0.15) is 60.7 Å². The van der Waals surface area contributed by atoms with Crippen LogP contribution in [0.2, 0.25) is 0 Å². The number of carbonyl (C=O) groups is 1. The van der Waals surface area contributed by atoms with Crippen molar-refractivity contribution >= 4 is 12.0 Å². The molecule has 1 aromatic heterocycles. The van der Waals surface area contributed by atoms with Gasteiger partial charge in [0.2, 0.25) is 5.89 Å². The van der Waals surface area contributed by atoms with E-state index >= 15 is 0 Å². The van der Waals surface area contributed by atoms with Gasteiger partial charge in [0.25, 0.3) is 0 Å². The largest absolute Gasteiger partial charge is 0.493 e. The van der Waals surface area contributed by atoms with E-state index < -0.39 is 24.6 Å². The zero-order chi connectivity index (χ0) is 24.0. The van der Waals surface area contributed by atoms with Gasteiger partial charge in [-0.25, -0.2) is 4.98 Å². The van der Waals surface area contributed by atoms with Crippen LogP contribution in [0.4, 0.5) is 13.2 Å². The molecule has 0 fully saturated rings. The molecule has 9 heteroatoms. The number of halogens is 3. The maximum absolute atomic E-state index is 12.7. The van der Waals surface area contributed by atoms with Crippen molar-refractivity contribution in [3.63, 3.8) is 0 Å². The summed E-state index contributed by atoms with van der Waals surface area (Å²) in [7, 11) is 0. The van der Waals surface area contributed by atoms with Gasteiger partial charge in [0, 0.05) is 19.5 Å². The van der Waals surface area contributed by atoms with Crippen LogP contribution in [0.5, 0.6) is 5.75 Å². The number of aryl methyl sites for hydroxylation is 1. The van der Waals surface area contributed by atoms with Gasteiger partial charge in [-0.15, -0.1) is 0 Å². The van der Waals surface area contributed by atoms with Gasteiger partial charge in [0.15, 0.2) is 0 Å². The van der Waals surface area contributed by atoms with Crippen molar-refractivity contribution < 1.29 is 32.2 Å². The summed E-state index contributed by atoms with van der Waals surface area (Å²) < 4.78 is 49.5. The quantitative estimate of drug-likeness (QED) is 0.509. The van der Waals surface area contributed by atoms with E-state index in [1.807, 2.05) is 19.1 Å². The van der Waals surface area contributed by atoms with Crippen LogP contribution < -0.4 is 4.74 Å². The Kier molecular flexibility index (Phi) is 8.18. The summed E-state index contributed by atoms with van der Waals surface area (Å²) >= 11 is 0. The van der Waals surface area contributed by atoms with Crippen LogP contribution in [0.15, 0.2) is 28.7 Å². The average Bonchev–Trinajstić information content (AvgIpc) is 3.10. The van der Waals surface area contributed by atoms with Crippen molar-refractivity contribution in [1.29, 1.82) is 0 Å². The van der Waals surface area contributed by atoms with Crippen molar-refractivity contribution in [3.05, 3.63) is 52.7 Å². The fourth-order valence-corrected chi connectivity index (χ4v) is 3.91. The number of nitrogens with zero attached hydrogens (tertiary/aromatic N) is 2. The van der Waals surface area contributed by atoms with E-state index in [0.717, 1.165) is 24.1 Å². The number of hydrogen-bond donors (Lipinski definition) is 1. The average molecular weight is 467 g/mol. The van der Waals surface area contributed by atoms with Crippen LogP contribution in [0.3, 0.4) is 0 Å². The second kappa shape index (κ2) is 10.9. The summed E-state index contributed by atoms with van der Waals surface area (Å²) in [5, 5.41) is 9.72. The molecular formula is C24H29F3N2O4. The Labute approximate surface area is 191 Å². The third kappa shape index (κ3) is 6.83. The molecule has 1 atom stereocenters. The Morgan fingerprint density at radius 2 is 2.18 bits per heavy atom. The van der Waals surface area contributed by atoms with E-state index in [2.05, 4.69) is 11.9 Å². The van der Waals surface area contributed by atoms with Gasteiger partial charge in [-0.1, -0.05) is 25.5 Å². The minimum absolute atomic E-state index is 0.265. The van der Waals surface area contributed by atoms with Gasteiger partial charge in [-0.05, 0) is 49.1 Å². The highest BCUT2D eigenvalue weighted by atomic mass is 19.4. The Morgan fingerprint density at radius 3 is 2.88 bits per heavy atom. The number of oxazole rings is 1. The molecule has 1 aliphatic rings. The molecule has 0 saturated heterocycles. The number of benzene rings is 1. The Morgan fingerprint density at radius 1 is 1.39 bits per heavy atom. The lowest BCUT2D eigenvalue weighted by atomic mass is 9.92. The van der Waals surface area contributed by atoms with Crippen molar-refractivity contribution in [2.75, 3.05) is 19.7 Å². The van der Waals surface area contributed by atoms with Crippen molar-refractivity contribution in [3.8, 4) is 5.75 Å². The Hall–Kier alpha value is -2.81. The second-order valence-electron chi connectivity index (χ2n) is 8.10. The third-order valence-electron chi connectivity index (χ3n) is 5.59. The van der Waals surface area contributed by atoms with E-state index in [9.17, 15) is 23.1 Å². The first-order valence-corrected chi connectivity index (χ1v) is 11.1. The number of unbranched alkanes of at least 4 members (excludes halogenated alkanes) is 1. The number of alkyl halides is 3. The summed E-state index contributed by atoms with van der Waals surface area (Å²) in [6.45, 7) is 4.14. The fourth-order valence-electron chi connectivity index (χ4n) is 3.91. The Balaban J connectivity index is 1.66. The molecular weight excluding hydrogens is 437 g/mol. The summed E-state index contributed by atoms with van der Waals surface area (Å²) in [5.74, 6) is 0.568. The molecule has 1 aromatic carbocycles. The lowest BCUT2D eigenvalue weighted by Crippen LogP contribution is -2.41. The van der Waals surface area contributed by atoms with E-state index in [1.165, 1.54) is 4.90 Å². The number of aliphatic carboxylic acids is 1. The van der Waals surface area contributed by atoms with Gasteiger partial charge in [0.1, 0.15) is 17.6 Å².